The monoisotopic (exact) mass is 311 g/mol. The fourth-order valence-corrected chi connectivity index (χ4v) is 5.76. The molecule has 2 fully saturated rings. The Morgan fingerprint density at radius 3 is 3.00 bits per heavy atom. The average Bonchev–Trinajstić information content (AvgIpc) is 2.89. The lowest BCUT2D eigenvalue weighted by molar-refractivity contribution is -0.125. The molecule has 0 heterocycles. The van der Waals surface area contributed by atoms with E-state index in [4.69, 9.17) is 5.53 Å². The number of phenols is 1. The molecule has 4 rings (SSSR count). The number of hydrogen-bond donors (Lipinski definition) is 1. The van der Waals surface area contributed by atoms with Gasteiger partial charge in [0.05, 0.1) is 0 Å². The molecular formula is C18H21N3O2. The SMILES string of the molecule is Cc1c(O)ccc2c1[C@H](CN=[N+]=[N-])[C@@]13CC(=O)[C@@](C)(CC[C@@H]21)C3. The number of nitrogens with zero attached hydrogens (tertiary/aromatic N) is 3. The summed E-state index contributed by atoms with van der Waals surface area (Å²) in [6, 6.07) is 3.79. The second-order valence-electron chi connectivity index (χ2n) is 7.84. The minimum Gasteiger partial charge on any atom is -0.508 e. The van der Waals surface area contributed by atoms with Gasteiger partial charge in [-0.05, 0) is 71.7 Å². The van der Waals surface area contributed by atoms with Crippen molar-refractivity contribution < 1.29 is 9.90 Å². The van der Waals surface area contributed by atoms with Gasteiger partial charge in [0.1, 0.15) is 11.5 Å². The van der Waals surface area contributed by atoms with Crippen molar-refractivity contribution in [1.29, 1.82) is 0 Å². The maximum atomic E-state index is 12.7. The van der Waals surface area contributed by atoms with Gasteiger partial charge in [-0.2, -0.15) is 0 Å². The number of azide groups is 1. The van der Waals surface area contributed by atoms with E-state index < -0.39 is 0 Å². The van der Waals surface area contributed by atoms with Crippen molar-refractivity contribution in [2.24, 2.45) is 15.9 Å². The molecule has 23 heavy (non-hydrogen) atoms. The van der Waals surface area contributed by atoms with Gasteiger partial charge in [-0.25, -0.2) is 0 Å². The van der Waals surface area contributed by atoms with Crippen LogP contribution in [0.5, 0.6) is 5.75 Å². The summed E-state index contributed by atoms with van der Waals surface area (Å²) < 4.78 is 0. The van der Waals surface area contributed by atoms with Crippen LogP contribution in [0.4, 0.5) is 0 Å². The van der Waals surface area contributed by atoms with E-state index in [1.807, 2.05) is 13.0 Å². The molecule has 1 aromatic carbocycles. The first-order chi connectivity index (χ1) is 10.9. The fraction of sp³-hybridized carbons (Fsp3) is 0.611. The van der Waals surface area contributed by atoms with E-state index in [0.29, 0.717) is 24.7 Å². The number of carbonyl (C=O) groups excluding carboxylic acids is 1. The summed E-state index contributed by atoms with van der Waals surface area (Å²) in [7, 11) is 0. The molecule has 0 saturated heterocycles. The zero-order valence-corrected chi connectivity index (χ0v) is 13.5. The van der Waals surface area contributed by atoms with Gasteiger partial charge >= 0.3 is 0 Å². The highest BCUT2D eigenvalue weighted by molar-refractivity contribution is 5.89. The molecule has 3 aliphatic carbocycles. The van der Waals surface area contributed by atoms with Crippen LogP contribution < -0.4 is 0 Å². The topological polar surface area (TPSA) is 86.1 Å². The third-order valence-electron chi connectivity index (χ3n) is 6.83. The predicted molar refractivity (Wildman–Crippen MR) is 86.4 cm³/mol. The summed E-state index contributed by atoms with van der Waals surface area (Å²) in [5.41, 5.74) is 11.7. The van der Waals surface area contributed by atoms with Crippen LogP contribution in [0.2, 0.25) is 0 Å². The minimum atomic E-state index is -0.219. The Morgan fingerprint density at radius 1 is 1.48 bits per heavy atom. The molecular weight excluding hydrogens is 290 g/mol. The third-order valence-corrected chi connectivity index (χ3v) is 6.83. The van der Waals surface area contributed by atoms with E-state index >= 15 is 0 Å². The van der Waals surface area contributed by atoms with Crippen LogP contribution >= 0.6 is 0 Å². The maximum Gasteiger partial charge on any atom is 0.139 e. The number of aromatic hydroxyl groups is 1. The van der Waals surface area contributed by atoms with Crippen LogP contribution in [0, 0.1) is 17.8 Å². The largest absolute Gasteiger partial charge is 0.508 e. The normalized spacial score (nSPS) is 37.2. The number of carbonyl (C=O) groups is 1. The Labute approximate surface area is 135 Å². The lowest BCUT2D eigenvalue weighted by Gasteiger charge is -2.42. The van der Waals surface area contributed by atoms with Gasteiger partial charge in [0.2, 0.25) is 0 Å². The molecule has 0 aromatic heterocycles. The van der Waals surface area contributed by atoms with Crippen molar-refractivity contribution in [2.75, 3.05) is 6.54 Å². The number of benzene rings is 1. The van der Waals surface area contributed by atoms with E-state index in [1.54, 1.807) is 6.07 Å². The van der Waals surface area contributed by atoms with Crippen LogP contribution in [-0.2, 0) is 4.79 Å². The summed E-state index contributed by atoms with van der Waals surface area (Å²) in [6.07, 6.45) is 3.40. The fourth-order valence-electron chi connectivity index (χ4n) is 5.76. The molecule has 0 aliphatic heterocycles. The summed E-state index contributed by atoms with van der Waals surface area (Å²) >= 11 is 0. The first-order valence-corrected chi connectivity index (χ1v) is 8.29. The van der Waals surface area contributed by atoms with Crippen molar-refractivity contribution in [3.63, 3.8) is 0 Å². The smallest absolute Gasteiger partial charge is 0.139 e. The Morgan fingerprint density at radius 2 is 2.26 bits per heavy atom. The second-order valence-corrected chi connectivity index (χ2v) is 7.84. The van der Waals surface area contributed by atoms with Gasteiger partial charge in [0.25, 0.3) is 0 Å². The van der Waals surface area contributed by atoms with Crippen LogP contribution in [0.3, 0.4) is 0 Å². The average molecular weight is 311 g/mol. The van der Waals surface area contributed by atoms with E-state index in [1.165, 1.54) is 5.56 Å². The number of Topliss-reactive ketones (excluding diaryl/α,β-unsaturated/α-hetero) is 1. The van der Waals surface area contributed by atoms with E-state index in [2.05, 4.69) is 16.9 Å². The van der Waals surface area contributed by atoms with Gasteiger partial charge in [0, 0.05) is 23.3 Å². The first kappa shape index (κ1) is 14.6. The van der Waals surface area contributed by atoms with Gasteiger partial charge in [-0.15, -0.1) is 0 Å². The molecule has 3 aliphatic rings. The van der Waals surface area contributed by atoms with Crippen LogP contribution in [-0.4, -0.2) is 17.4 Å². The maximum absolute atomic E-state index is 12.7. The minimum absolute atomic E-state index is 0.0385. The van der Waals surface area contributed by atoms with Gasteiger partial charge in [-0.1, -0.05) is 18.1 Å². The molecule has 120 valence electrons. The Bertz CT molecular complexity index is 768. The molecule has 1 spiro atoms. The van der Waals surface area contributed by atoms with Crippen LogP contribution in [0.1, 0.15) is 61.1 Å². The molecule has 2 saturated carbocycles. The number of rotatable bonds is 2. The van der Waals surface area contributed by atoms with Crippen LogP contribution in [0.25, 0.3) is 10.4 Å². The standard InChI is InChI=1S/C18H21N3O2/c1-10-14(22)4-3-11-12-5-6-17(2)9-18(12,7-15(17)23)13(16(10)11)8-20-21-19/h3-4,12-13,22H,5-9H2,1-2H3/t12-,13-,17-,18+/m0/s1. The van der Waals surface area contributed by atoms with Crippen molar-refractivity contribution in [3.05, 3.63) is 39.3 Å². The predicted octanol–water partition coefficient (Wildman–Crippen LogP) is 4.34. The highest BCUT2D eigenvalue weighted by atomic mass is 16.3. The summed E-state index contributed by atoms with van der Waals surface area (Å²) in [5, 5.41) is 14.0. The van der Waals surface area contributed by atoms with Crippen molar-refractivity contribution in [2.45, 2.75) is 51.4 Å². The highest BCUT2D eigenvalue weighted by Gasteiger charge is 2.64. The zero-order valence-electron chi connectivity index (χ0n) is 13.5. The quantitative estimate of drug-likeness (QED) is 0.500. The Balaban J connectivity index is 1.93. The van der Waals surface area contributed by atoms with Crippen molar-refractivity contribution in [3.8, 4) is 5.75 Å². The molecule has 0 amide bonds. The molecule has 2 bridgehead atoms. The molecule has 0 unspecified atom stereocenters. The van der Waals surface area contributed by atoms with Crippen LogP contribution in [0.15, 0.2) is 17.2 Å². The number of phenolic OH excluding ortho intramolecular Hbond substituents is 1. The third kappa shape index (κ3) is 1.69. The molecule has 1 aromatic rings. The lowest BCUT2D eigenvalue weighted by atomic mass is 9.61. The zero-order chi connectivity index (χ0) is 16.4. The number of ketones is 1. The number of fused-ring (bicyclic) bond motifs is 3. The van der Waals surface area contributed by atoms with Gasteiger partial charge < -0.3 is 5.11 Å². The summed E-state index contributed by atoms with van der Waals surface area (Å²) in [4.78, 5) is 15.6. The second kappa shape index (κ2) is 4.51. The first-order valence-electron chi connectivity index (χ1n) is 8.29. The van der Waals surface area contributed by atoms with E-state index in [9.17, 15) is 9.90 Å². The highest BCUT2D eigenvalue weighted by Crippen LogP contribution is 2.71. The Hall–Kier alpha value is -2.00. The van der Waals surface area contributed by atoms with Crippen molar-refractivity contribution in [1.82, 2.24) is 0 Å². The summed E-state index contributed by atoms with van der Waals surface area (Å²) in [5.74, 6) is 1.03. The van der Waals surface area contributed by atoms with E-state index in [-0.39, 0.29) is 22.5 Å². The lowest BCUT2D eigenvalue weighted by Crippen LogP contribution is -2.34. The molecule has 4 atom stereocenters. The van der Waals surface area contributed by atoms with Gasteiger partial charge in [0.15, 0.2) is 0 Å². The summed E-state index contributed by atoms with van der Waals surface area (Å²) in [6.45, 7) is 4.40. The number of hydrogen-bond acceptors (Lipinski definition) is 3. The van der Waals surface area contributed by atoms with Gasteiger partial charge in [-0.3, -0.25) is 4.79 Å². The molecule has 0 radical (unpaired) electrons. The molecule has 1 N–H and O–H groups in total. The van der Waals surface area contributed by atoms with E-state index in [0.717, 1.165) is 30.4 Å². The van der Waals surface area contributed by atoms with Crippen molar-refractivity contribution >= 4 is 5.78 Å². The molecule has 5 nitrogen and oxygen atoms in total. The molecule has 5 heteroatoms. The Kier molecular flexibility index (Phi) is 2.86.